The topological polar surface area (TPSA) is 74.8 Å². The summed E-state index contributed by atoms with van der Waals surface area (Å²) < 4.78 is 54.3. The third kappa shape index (κ3) is 5.34. The lowest BCUT2D eigenvalue weighted by molar-refractivity contribution is 0.433. The van der Waals surface area contributed by atoms with Crippen molar-refractivity contribution in [1.82, 2.24) is 8.61 Å². The number of hydrogen-bond donors (Lipinski definition) is 0. The number of rotatable bonds is 4. The van der Waals surface area contributed by atoms with Gasteiger partial charge >= 0.3 is 0 Å². The van der Waals surface area contributed by atoms with E-state index in [2.05, 4.69) is 11.8 Å². The van der Waals surface area contributed by atoms with Crippen LogP contribution in [-0.4, -0.2) is 51.6 Å². The molecule has 0 radical (unpaired) electrons. The average Bonchev–Trinajstić information content (AvgIpc) is 2.84. The molecule has 0 unspecified atom stereocenters. The summed E-state index contributed by atoms with van der Waals surface area (Å²) in [4.78, 5) is 0.608. The Morgan fingerprint density at radius 1 is 0.618 bits per heavy atom. The zero-order chi connectivity index (χ0) is 24.3. The maximum absolute atomic E-state index is 12.8. The third-order valence-electron chi connectivity index (χ3n) is 6.04. The molecule has 2 aliphatic heterocycles. The molecule has 2 aliphatic rings. The molecule has 0 aliphatic carbocycles. The van der Waals surface area contributed by atoms with Gasteiger partial charge in [-0.05, 0) is 51.0 Å². The van der Waals surface area contributed by atoms with Gasteiger partial charge in [-0.1, -0.05) is 59.4 Å². The first-order chi connectivity index (χ1) is 16.2. The minimum Gasteiger partial charge on any atom is -0.207 e. The summed E-state index contributed by atoms with van der Waals surface area (Å²) in [7, 11) is -7.03. The standard InChI is InChI=1S/C26H28N2O4S2/c1-21-3-9-25(10-4-21)33(29,30)27-17-13-23(14-18-27)7-8-24-15-19-28(20-16-24)34(31,32)26-11-5-22(2)6-12-26/h3-6,9-13,15H,14,16-20H2,1-2H3. The van der Waals surface area contributed by atoms with Crippen molar-refractivity contribution in [3.8, 4) is 11.8 Å². The van der Waals surface area contributed by atoms with Crippen LogP contribution in [0.3, 0.4) is 0 Å². The highest BCUT2D eigenvalue weighted by Gasteiger charge is 2.27. The Hall–Kier alpha value is -2.70. The van der Waals surface area contributed by atoms with Gasteiger partial charge in [0.2, 0.25) is 20.0 Å². The Morgan fingerprint density at radius 2 is 0.971 bits per heavy atom. The molecule has 4 rings (SSSR count). The molecule has 0 saturated carbocycles. The molecule has 8 heteroatoms. The van der Waals surface area contributed by atoms with Gasteiger partial charge in [0.15, 0.2) is 0 Å². The molecule has 0 spiro atoms. The van der Waals surface area contributed by atoms with E-state index in [0.29, 0.717) is 48.8 Å². The molecule has 178 valence electrons. The van der Waals surface area contributed by atoms with E-state index in [1.807, 2.05) is 26.0 Å². The Labute approximate surface area is 202 Å². The quantitative estimate of drug-likeness (QED) is 0.606. The van der Waals surface area contributed by atoms with E-state index in [0.717, 1.165) is 22.3 Å². The fourth-order valence-electron chi connectivity index (χ4n) is 3.84. The van der Waals surface area contributed by atoms with Crippen LogP contribution >= 0.6 is 0 Å². The first-order valence-corrected chi connectivity index (χ1v) is 14.1. The molecule has 0 atom stereocenters. The highest BCUT2D eigenvalue weighted by Crippen LogP contribution is 2.22. The van der Waals surface area contributed by atoms with Gasteiger partial charge in [-0.2, -0.15) is 8.61 Å². The second kappa shape index (κ2) is 9.88. The second-order valence-corrected chi connectivity index (χ2v) is 12.4. The van der Waals surface area contributed by atoms with Gasteiger partial charge in [-0.25, -0.2) is 16.8 Å². The Bertz CT molecular complexity index is 1290. The fourth-order valence-corrected chi connectivity index (χ4v) is 6.61. The van der Waals surface area contributed by atoms with Gasteiger partial charge in [0.25, 0.3) is 0 Å². The Morgan fingerprint density at radius 3 is 1.26 bits per heavy atom. The van der Waals surface area contributed by atoms with Crippen LogP contribution < -0.4 is 0 Å². The lowest BCUT2D eigenvalue weighted by Gasteiger charge is -2.25. The molecule has 2 heterocycles. The van der Waals surface area contributed by atoms with Gasteiger partial charge < -0.3 is 0 Å². The van der Waals surface area contributed by atoms with E-state index in [4.69, 9.17) is 0 Å². The van der Waals surface area contributed by atoms with Crippen molar-refractivity contribution in [2.24, 2.45) is 0 Å². The van der Waals surface area contributed by atoms with Crippen molar-refractivity contribution >= 4 is 20.0 Å². The smallest absolute Gasteiger partial charge is 0.207 e. The van der Waals surface area contributed by atoms with Gasteiger partial charge in [0.05, 0.1) is 9.79 Å². The lowest BCUT2D eigenvalue weighted by atomic mass is 10.1. The number of sulfonamides is 2. The third-order valence-corrected chi connectivity index (χ3v) is 9.80. The van der Waals surface area contributed by atoms with Crippen LogP contribution in [0.4, 0.5) is 0 Å². The van der Waals surface area contributed by atoms with Crippen molar-refractivity contribution in [2.45, 2.75) is 36.5 Å². The number of hydrogen-bond acceptors (Lipinski definition) is 4. The fraction of sp³-hybridized carbons (Fsp3) is 0.308. The van der Waals surface area contributed by atoms with Crippen LogP contribution in [0.1, 0.15) is 24.0 Å². The van der Waals surface area contributed by atoms with Crippen molar-refractivity contribution < 1.29 is 16.8 Å². The van der Waals surface area contributed by atoms with Gasteiger partial charge in [0, 0.05) is 37.3 Å². The van der Waals surface area contributed by atoms with Crippen molar-refractivity contribution in [1.29, 1.82) is 0 Å². The van der Waals surface area contributed by atoms with E-state index in [1.165, 1.54) is 8.61 Å². The van der Waals surface area contributed by atoms with Crippen molar-refractivity contribution in [3.05, 3.63) is 83.0 Å². The monoisotopic (exact) mass is 496 g/mol. The van der Waals surface area contributed by atoms with Gasteiger partial charge in [-0.3, -0.25) is 0 Å². The average molecular weight is 497 g/mol. The molecule has 2 aromatic carbocycles. The summed E-state index contributed by atoms with van der Waals surface area (Å²) in [6, 6.07) is 13.8. The van der Waals surface area contributed by atoms with Crippen LogP contribution in [0.2, 0.25) is 0 Å². The minimum atomic E-state index is -3.52. The van der Waals surface area contributed by atoms with Crippen LogP contribution in [0.15, 0.2) is 81.6 Å². The highest BCUT2D eigenvalue weighted by atomic mass is 32.2. The molecular formula is C26H28N2O4S2. The van der Waals surface area contributed by atoms with Crippen LogP contribution in [0.5, 0.6) is 0 Å². The molecule has 2 aromatic rings. The van der Waals surface area contributed by atoms with E-state index in [-0.39, 0.29) is 0 Å². The van der Waals surface area contributed by atoms with Crippen molar-refractivity contribution in [2.75, 3.05) is 26.2 Å². The minimum absolute atomic E-state index is 0.293. The molecule has 0 N–H and O–H groups in total. The molecule has 0 bridgehead atoms. The predicted octanol–water partition coefficient (Wildman–Crippen LogP) is 3.65. The number of nitrogens with zero attached hydrogens (tertiary/aromatic N) is 2. The summed E-state index contributed by atoms with van der Waals surface area (Å²) in [6.45, 7) is 5.21. The van der Waals surface area contributed by atoms with E-state index in [9.17, 15) is 16.8 Å². The zero-order valence-electron chi connectivity index (χ0n) is 19.4. The van der Waals surface area contributed by atoms with Crippen molar-refractivity contribution in [3.63, 3.8) is 0 Å². The Kier molecular flexibility index (Phi) is 7.10. The molecule has 0 amide bonds. The molecule has 0 fully saturated rings. The maximum Gasteiger partial charge on any atom is 0.243 e. The van der Waals surface area contributed by atoms with Gasteiger partial charge in [-0.15, -0.1) is 0 Å². The molecule has 0 saturated heterocycles. The number of benzene rings is 2. The first kappa shape index (κ1) is 24.4. The number of aryl methyl sites for hydroxylation is 2. The van der Waals surface area contributed by atoms with E-state index < -0.39 is 20.0 Å². The van der Waals surface area contributed by atoms with Crippen LogP contribution in [-0.2, 0) is 20.0 Å². The predicted molar refractivity (Wildman–Crippen MR) is 133 cm³/mol. The van der Waals surface area contributed by atoms with Gasteiger partial charge in [0.1, 0.15) is 0 Å². The maximum atomic E-state index is 12.8. The highest BCUT2D eigenvalue weighted by molar-refractivity contribution is 7.89. The summed E-state index contributed by atoms with van der Waals surface area (Å²) in [5.41, 5.74) is 3.85. The molecule has 34 heavy (non-hydrogen) atoms. The normalized spacial score (nSPS) is 17.9. The summed E-state index contributed by atoms with van der Waals surface area (Å²) in [5.74, 6) is 6.31. The Balaban J connectivity index is 1.39. The SMILES string of the molecule is Cc1ccc(S(=O)(=O)N2CC=C(C#CC3=CCN(S(=O)(=O)c4ccc(C)cc4)CC3)CC2)cc1. The van der Waals surface area contributed by atoms with Crippen LogP contribution in [0, 0.1) is 25.7 Å². The largest absolute Gasteiger partial charge is 0.243 e. The van der Waals surface area contributed by atoms with E-state index in [1.54, 1.807) is 48.5 Å². The molecular weight excluding hydrogens is 468 g/mol. The van der Waals surface area contributed by atoms with E-state index >= 15 is 0 Å². The zero-order valence-corrected chi connectivity index (χ0v) is 21.0. The summed E-state index contributed by atoms with van der Waals surface area (Å²) in [6.07, 6.45) is 4.83. The first-order valence-electron chi connectivity index (χ1n) is 11.2. The summed E-state index contributed by atoms with van der Waals surface area (Å²) >= 11 is 0. The van der Waals surface area contributed by atoms with Crippen LogP contribution in [0.25, 0.3) is 0 Å². The molecule has 0 aromatic heterocycles. The molecule has 6 nitrogen and oxygen atoms in total. The summed E-state index contributed by atoms with van der Waals surface area (Å²) in [5, 5.41) is 0. The second-order valence-electron chi connectivity index (χ2n) is 8.56. The lowest BCUT2D eigenvalue weighted by Crippen LogP contribution is -2.35.